The first-order valence-corrected chi connectivity index (χ1v) is 5.93. The number of hydrogen-bond donors (Lipinski definition) is 1. The SMILES string of the molecule is CC(C)CN(CCN(C)C)C(=O)c1cn[nH]c1. The largest absolute Gasteiger partial charge is 0.337 e. The molecule has 0 bridgehead atoms. The minimum absolute atomic E-state index is 0.0503. The van der Waals surface area contributed by atoms with Gasteiger partial charge in [-0.15, -0.1) is 0 Å². The van der Waals surface area contributed by atoms with Gasteiger partial charge in [-0.2, -0.15) is 5.10 Å². The van der Waals surface area contributed by atoms with Crippen LogP contribution in [0.4, 0.5) is 0 Å². The van der Waals surface area contributed by atoms with Gasteiger partial charge in [0.2, 0.25) is 0 Å². The molecular formula is C12H22N4O. The lowest BCUT2D eigenvalue weighted by atomic mass is 10.2. The van der Waals surface area contributed by atoms with Crippen molar-refractivity contribution in [2.75, 3.05) is 33.7 Å². The minimum atomic E-state index is 0.0503. The number of carbonyl (C=O) groups excluding carboxylic acids is 1. The monoisotopic (exact) mass is 238 g/mol. The van der Waals surface area contributed by atoms with Gasteiger partial charge in [-0.3, -0.25) is 9.89 Å². The molecule has 0 atom stereocenters. The zero-order valence-corrected chi connectivity index (χ0v) is 11.1. The van der Waals surface area contributed by atoms with E-state index in [9.17, 15) is 4.79 Å². The molecule has 0 aliphatic rings. The number of aromatic amines is 1. The molecule has 5 nitrogen and oxygen atoms in total. The van der Waals surface area contributed by atoms with Crippen LogP contribution in [0.25, 0.3) is 0 Å². The van der Waals surface area contributed by atoms with E-state index in [0.29, 0.717) is 11.5 Å². The van der Waals surface area contributed by atoms with Crippen molar-refractivity contribution in [3.63, 3.8) is 0 Å². The van der Waals surface area contributed by atoms with Crippen molar-refractivity contribution in [1.29, 1.82) is 0 Å². The first-order chi connectivity index (χ1) is 8.00. The summed E-state index contributed by atoms with van der Waals surface area (Å²) in [5.41, 5.74) is 0.629. The van der Waals surface area contributed by atoms with E-state index < -0.39 is 0 Å². The lowest BCUT2D eigenvalue weighted by Crippen LogP contribution is -2.38. The molecule has 0 unspecified atom stereocenters. The van der Waals surface area contributed by atoms with Gasteiger partial charge < -0.3 is 9.80 Å². The van der Waals surface area contributed by atoms with Gasteiger partial charge in [0.15, 0.2) is 0 Å². The fraction of sp³-hybridized carbons (Fsp3) is 0.667. The van der Waals surface area contributed by atoms with Crippen LogP contribution >= 0.6 is 0 Å². The summed E-state index contributed by atoms with van der Waals surface area (Å²) < 4.78 is 0. The molecule has 1 amide bonds. The first kappa shape index (κ1) is 13.7. The Kier molecular flexibility index (Phi) is 5.15. The summed E-state index contributed by atoms with van der Waals surface area (Å²) in [6.07, 6.45) is 3.22. The molecule has 0 spiro atoms. The van der Waals surface area contributed by atoms with Crippen LogP contribution in [0.2, 0.25) is 0 Å². The van der Waals surface area contributed by atoms with Crippen molar-refractivity contribution in [2.24, 2.45) is 5.92 Å². The Morgan fingerprint density at radius 1 is 1.41 bits per heavy atom. The van der Waals surface area contributed by atoms with Crippen LogP contribution in [-0.2, 0) is 0 Å². The number of aromatic nitrogens is 2. The van der Waals surface area contributed by atoms with Crippen LogP contribution in [0.1, 0.15) is 24.2 Å². The molecule has 0 fully saturated rings. The molecule has 5 heteroatoms. The maximum absolute atomic E-state index is 12.2. The zero-order chi connectivity index (χ0) is 12.8. The lowest BCUT2D eigenvalue weighted by molar-refractivity contribution is 0.0725. The van der Waals surface area contributed by atoms with Crippen LogP contribution in [0, 0.1) is 5.92 Å². The topological polar surface area (TPSA) is 52.2 Å². The molecule has 0 saturated carbocycles. The quantitative estimate of drug-likeness (QED) is 0.806. The first-order valence-electron chi connectivity index (χ1n) is 5.93. The van der Waals surface area contributed by atoms with E-state index in [1.807, 2.05) is 19.0 Å². The standard InChI is InChI=1S/C12H22N4O/c1-10(2)9-16(6-5-15(3)4)12(17)11-7-13-14-8-11/h7-8,10H,5-6,9H2,1-4H3,(H,13,14). The molecule has 0 saturated heterocycles. The van der Waals surface area contributed by atoms with E-state index in [2.05, 4.69) is 28.9 Å². The van der Waals surface area contributed by atoms with E-state index in [0.717, 1.165) is 19.6 Å². The van der Waals surface area contributed by atoms with Crippen molar-refractivity contribution in [3.8, 4) is 0 Å². The molecule has 1 aromatic heterocycles. The molecule has 1 rings (SSSR count). The maximum atomic E-state index is 12.2. The van der Waals surface area contributed by atoms with E-state index in [4.69, 9.17) is 0 Å². The number of hydrogen-bond acceptors (Lipinski definition) is 3. The number of amides is 1. The summed E-state index contributed by atoms with van der Waals surface area (Å²) in [5, 5.41) is 6.49. The molecule has 1 aromatic rings. The van der Waals surface area contributed by atoms with E-state index in [1.165, 1.54) is 0 Å². The maximum Gasteiger partial charge on any atom is 0.257 e. The summed E-state index contributed by atoms with van der Waals surface area (Å²) >= 11 is 0. The number of likely N-dealkylation sites (N-methyl/N-ethyl adjacent to an activating group) is 1. The minimum Gasteiger partial charge on any atom is -0.337 e. The van der Waals surface area contributed by atoms with Crippen LogP contribution < -0.4 is 0 Å². The van der Waals surface area contributed by atoms with Crippen LogP contribution in [0.3, 0.4) is 0 Å². The Balaban J connectivity index is 2.65. The number of nitrogens with zero attached hydrogens (tertiary/aromatic N) is 3. The van der Waals surface area contributed by atoms with Gasteiger partial charge >= 0.3 is 0 Å². The Labute approximate surface area is 103 Å². The van der Waals surface area contributed by atoms with E-state index in [-0.39, 0.29) is 5.91 Å². The smallest absolute Gasteiger partial charge is 0.257 e. The van der Waals surface area contributed by atoms with Gasteiger partial charge in [-0.25, -0.2) is 0 Å². The Bertz CT molecular complexity index is 332. The second kappa shape index (κ2) is 6.39. The van der Waals surface area contributed by atoms with Crippen LogP contribution in [-0.4, -0.2) is 59.6 Å². The fourth-order valence-corrected chi connectivity index (χ4v) is 1.59. The second-order valence-corrected chi connectivity index (χ2v) is 4.94. The predicted octanol–water partition coefficient (Wildman–Crippen LogP) is 1.07. The molecule has 0 aliphatic carbocycles. The summed E-state index contributed by atoms with van der Waals surface area (Å²) in [6.45, 7) is 6.62. The van der Waals surface area contributed by atoms with Crippen molar-refractivity contribution in [2.45, 2.75) is 13.8 Å². The van der Waals surface area contributed by atoms with Gasteiger partial charge in [-0.05, 0) is 20.0 Å². The average molecular weight is 238 g/mol. The Morgan fingerprint density at radius 2 is 2.12 bits per heavy atom. The summed E-state index contributed by atoms with van der Waals surface area (Å²) in [7, 11) is 4.02. The molecule has 0 aromatic carbocycles. The summed E-state index contributed by atoms with van der Waals surface area (Å²) in [5.74, 6) is 0.516. The number of carbonyl (C=O) groups is 1. The van der Waals surface area contributed by atoms with Crippen LogP contribution in [0.5, 0.6) is 0 Å². The Hall–Kier alpha value is -1.36. The normalized spacial score (nSPS) is 11.2. The third kappa shape index (κ3) is 4.56. The highest BCUT2D eigenvalue weighted by Gasteiger charge is 2.17. The van der Waals surface area contributed by atoms with Gasteiger partial charge in [0, 0.05) is 25.8 Å². The third-order valence-electron chi connectivity index (χ3n) is 2.44. The fourth-order valence-electron chi connectivity index (χ4n) is 1.59. The third-order valence-corrected chi connectivity index (χ3v) is 2.44. The van der Waals surface area contributed by atoms with Crippen molar-refractivity contribution in [1.82, 2.24) is 20.0 Å². The van der Waals surface area contributed by atoms with Crippen molar-refractivity contribution >= 4 is 5.91 Å². The average Bonchev–Trinajstić information content (AvgIpc) is 2.75. The molecule has 17 heavy (non-hydrogen) atoms. The molecule has 0 aliphatic heterocycles. The number of H-pyrrole nitrogens is 1. The number of rotatable bonds is 6. The second-order valence-electron chi connectivity index (χ2n) is 4.94. The van der Waals surface area contributed by atoms with Gasteiger partial charge in [0.1, 0.15) is 0 Å². The van der Waals surface area contributed by atoms with E-state index in [1.54, 1.807) is 12.4 Å². The molecule has 1 N–H and O–H groups in total. The van der Waals surface area contributed by atoms with Gasteiger partial charge in [-0.1, -0.05) is 13.8 Å². The number of nitrogens with one attached hydrogen (secondary N) is 1. The molecule has 1 heterocycles. The zero-order valence-electron chi connectivity index (χ0n) is 11.1. The molecular weight excluding hydrogens is 216 g/mol. The predicted molar refractivity (Wildman–Crippen MR) is 67.9 cm³/mol. The van der Waals surface area contributed by atoms with Crippen LogP contribution in [0.15, 0.2) is 12.4 Å². The highest BCUT2D eigenvalue weighted by Crippen LogP contribution is 2.06. The lowest BCUT2D eigenvalue weighted by Gasteiger charge is -2.25. The van der Waals surface area contributed by atoms with Gasteiger partial charge in [0.25, 0.3) is 5.91 Å². The van der Waals surface area contributed by atoms with Crippen molar-refractivity contribution in [3.05, 3.63) is 18.0 Å². The highest BCUT2D eigenvalue weighted by atomic mass is 16.2. The molecule has 96 valence electrons. The molecule has 0 radical (unpaired) electrons. The highest BCUT2D eigenvalue weighted by molar-refractivity contribution is 5.93. The Morgan fingerprint density at radius 3 is 2.59 bits per heavy atom. The van der Waals surface area contributed by atoms with E-state index >= 15 is 0 Å². The van der Waals surface area contributed by atoms with Gasteiger partial charge in [0.05, 0.1) is 11.8 Å². The summed E-state index contributed by atoms with van der Waals surface area (Å²) in [6, 6.07) is 0. The summed E-state index contributed by atoms with van der Waals surface area (Å²) in [4.78, 5) is 16.2. The van der Waals surface area contributed by atoms with Crippen molar-refractivity contribution < 1.29 is 4.79 Å².